The first-order valence-electron chi connectivity index (χ1n) is 4.55. The minimum Gasteiger partial charge on any atom is -0.391 e. The summed E-state index contributed by atoms with van der Waals surface area (Å²) < 4.78 is 20.7. The largest absolute Gasteiger partial charge is 0.527 e. The molecule has 5 nitrogen and oxygen atoms in total. The van der Waals surface area contributed by atoms with Gasteiger partial charge in [0.05, 0.1) is 12.7 Å². The van der Waals surface area contributed by atoms with Gasteiger partial charge in [0.15, 0.2) is 0 Å². The van der Waals surface area contributed by atoms with Gasteiger partial charge in [-0.25, -0.2) is 0 Å². The van der Waals surface area contributed by atoms with Gasteiger partial charge in [0.2, 0.25) is 0 Å². The van der Waals surface area contributed by atoms with Crippen molar-refractivity contribution in [2.75, 3.05) is 34.2 Å². The summed E-state index contributed by atoms with van der Waals surface area (Å²) in [6.45, 7) is 2.17. The molecule has 0 heterocycles. The van der Waals surface area contributed by atoms with E-state index in [2.05, 4.69) is 0 Å². The average Bonchev–Trinajstić information content (AvgIpc) is 2.25. The van der Waals surface area contributed by atoms with E-state index < -0.39 is 14.9 Å². The Labute approximate surface area is 86.3 Å². The molecule has 0 bridgehead atoms. The monoisotopic (exact) mass is 224 g/mol. The summed E-state index contributed by atoms with van der Waals surface area (Å²) in [6.07, 6.45) is 0.488. The molecule has 1 unspecified atom stereocenters. The number of aliphatic hydroxyl groups excluding tert-OH is 1. The standard InChI is InChI=1S/C8H20O5Si/c1-5-8(9)6-13-7-14(10-2,11-3)12-4/h8-9H,5-7H2,1-4H3. The quantitative estimate of drug-likeness (QED) is 0.597. The summed E-state index contributed by atoms with van der Waals surface area (Å²) in [5.41, 5.74) is 0. The maximum absolute atomic E-state index is 9.24. The molecule has 0 rings (SSSR count). The first kappa shape index (κ1) is 14.0. The highest BCUT2D eigenvalue weighted by Gasteiger charge is 2.38. The van der Waals surface area contributed by atoms with E-state index in [4.69, 9.17) is 18.0 Å². The smallest absolute Gasteiger partial charge is 0.391 e. The number of aliphatic hydroxyl groups is 1. The molecule has 0 aromatic heterocycles. The fourth-order valence-electron chi connectivity index (χ4n) is 0.865. The van der Waals surface area contributed by atoms with Gasteiger partial charge in [0.1, 0.15) is 6.23 Å². The van der Waals surface area contributed by atoms with Gasteiger partial charge in [0, 0.05) is 21.3 Å². The lowest BCUT2D eigenvalue weighted by molar-refractivity contribution is 0.0190. The van der Waals surface area contributed by atoms with Crippen molar-refractivity contribution in [3.63, 3.8) is 0 Å². The van der Waals surface area contributed by atoms with E-state index in [0.717, 1.165) is 0 Å². The summed E-state index contributed by atoms with van der Waals surface area (Å²) in [6, 6.07) is 0. The van der Waals surface area contributed by atoms with Crippen LogP contribution in [0, 0.1) is 0 Å². The lowest BCUT2D eigenvalue weighted by atomic mass is 10.3. The molecule has 0 radical (unpaired) electrons. The van der Waals surface area contributed by atoms with Crippen molar-refractivity contribution in [1.29, 1.82) is 0 Å². The predicted molar refractivity (Wildman–Crippen MR) is 53.9 cm³/mol. The molecule has 0 saturated carbocycles. The van der Waals surface area contributed by atoms with Crippen LogP contribution in [-0.4, -0.2) is 54.2 Å². The molecular formula is C8H20O5Si. The number of rotatable bonds is 8. The highest BCUT2D eigenvalue weighted by atomic mass is 28.4. The zero-order valence-corrected chi connectivity index (χ0v) is 10.3. The van der Waals surface area contributed by atoms with Crippen LogP contribution >= 0.6 is 0 Å². The van der Waals surface area contributed by atoms with Crippen LogP contribution in [0.5, 0.6) is 0 Å². The average molecular weight is 224 g/mol. The summed E-state index contributed by atoms with van der Waals surface area (Å²) in [7, 11) is 1.95. The predicted octanol–water partition coefficient (Wildman–Crippen LogP) is 0.191. The van der Waals surface area contributed by atoms with Crippen molar-refractivity contribution in [1.82, 2.24) is 0 Å². The van der Waals surface area contributed by atoms with Crippen molar-refractivity contribution in [2.45, 2.75) is 19.4 Å². The summed E-state index contributed by atoms with van der Waals surface area (Å²) in [5, 5.41) is 9.24. The Morgan fingerprint density at radius 2 is 1.64 bits per heavy atom. The van der Waals surface area contributed by atoms with E-state index in [1.165, 1.54) is 21.3 Å². The van der Waals surface area contributed by atoms with Crippen molar-refractivity contribution in [2.24, 2.45) is 0 Å². The van der Waals surface area contributed by atoms with Crippen molar-refractivity contribution in [3.05, 3.63) is 0 Å². The zero-order valence-electron chi connectivity index (χ0n) is 9.28. The van der Waals surface area contributed by atoms with Crippen molar-refractivity contribution < 1.29 is 23.1 Å². The van der Waals surface area contributed by atoms with Crippen LogP contribution in [-0.2, 0) is 18.0 Å². The molecule has 0 aliphatic carbocycles. The van der Waals surface area contributed by atoms with Gasteiger partial charge in [-0.2, -0.15) is 0 Å². The van der Waals surface area contributed by atoms with Crippen LogP contribution < -0.4 is 0 Å². The first-order valence-corrected chi connectivity index (χ1v) is 6.48. The van der Waals surface area contributed by atoms with Crippen LogP contribution in [0.2, 0.25) is 0 Å². The fraction of sp³-hybridized carbons (Fsp3) is 1.00. The molecule has 86 valence electrons. The van der Waals surface area contributed by atoms with Gasteiger partial charge in [-0.1, -0.05) is 6.92 Å². The molecule has 0 aliphatic heterocycles. The van der Waals surface area contributed by atoms with Crippen molar-refractivity contribution in [3.8, 4) is 0 Å². The van der Waals surface area contributed by atoms with E-state index in [0.29, 0.717) is 6.42 Å². The third-order valence-electron chi connectivity index (χ3n) is 1.99. The summed E-state index contributed by atoms with van der Waals surface area (Å²) >= 11 is 0. The van der Waals surface area contributed by atoms with Crippen LogP contribution in [0.25, 0.3) is 0 Å². The summed E-state index contributed by atoms with van der Waals surface area (Å²) in [4.78, 5) is 0. The Bertz CT molecular complexity index is 131. The molecule has 1 atom stereocenters. The van der Waals surface area contributed by atoms with Gasteiger partial charge in [0.25, 0.3) is 0 Å². The molecule has 0 fully saturated rings. The Kier molecular flexibility index (Phi) is 7.34. The maximum atomic E-state index is 9.24. The summed E-state index contributed by atoms with van der Waals surface area (Å²) in [5.74, 6) is 0. The Balaban J connectivity index is 3.82. The second-order valence-electron chi connectivity index (χ2n) is 2.87. The SMILES string of the molecule is CCC(O)COC[Si](OC)(OC)OC. The molecule has 0 aromatic carbocycles. The molecular weight excluding hydrogens is 204 g/mol. The van der Waals surface area contributed by atoms with Gasteiger partial charge < -0.3 is 23.1 Å². The molecule has 0 aliphatic rings. The van der Waals surface area contributed by atoms with E-state index in [1.807, 2.05) is 6.92 Å². The Morgan fingerprint density at radius 1 is 1.14 bits per heavy atom. The van der Waals surface area contributed by atoms with Crippen molar-refractivity contribution >= 4 is 8.80 Å². The van der Waals surface area contributed by atoms with E-state index >= 15 is 0 Å². The fourth-order valence-corrected chi connectivity index (χ4v) is 2.09. The van der Waals surface area contributed by atoms with Gasteiger partial charge in [-0.15, -0.1) is 0 Å². The molecule has 0 amide bonds. The molecule has 1 N–H and O–H groups in total. The third-order valence-corrected chi connectivity index (χ3v) is 4.42. The normalized spacial score (nSPS) is 14.4. The topological polar surface area (TPSA) is 57.2 Å². The molecule has 0 aromatic rings. The lowest BCUT2D eigenvalue weighted by Gasteiger charge is -2.24. The number of hydrogen-bond donors (Lipinski definition) is 1. The number of hydrogen-bond acceptors (Lipinski definition) is 5. The zero-order chi connectivity index (χ0) is 11.0. The minimum atomic E-state index is -2.63. The lowest BCUT2D eigenvalue weighted by Crippen LogP contribution is -2.48. The second kappa shape index (κ2) is 7.33. The van der Waals surface area contributed by atoms with Gasteiger partial charge >= 0.3 is 8.80 Å². The number of ether oxygens (including phenoxy) is 1. The van der Waals surface area contributed by atoms with E-state index in [9.17, 15) is 5.11 Å². The van der Waals surface area contributed by atoms with Crippen LogP contribution in [0.4, 0.5) is 0 Å². The van der Waals surface area contributed by atoms with E-state index in [1.54, 1.807) is 0 Å². The molecule has 0 saturated heterocycles. The van der Waals surface area contributed by atoms with E-state index in [-0.39, 0.29) is 12.8 Å². The second-order valence-corrected chi connectivity index (χ2v) is 5.75. The Morgan fingerprint density at radius 3 is 2.00 bits per heavy atom. The molecule has 0 spiro atoms. The van der Waals surface area contributed by atoms with Gasteiger partial charge in [-0.05, 0) is 6.42 Å². The highest BCUT2D eigenvalue weighted by molar-refractivity contribution is 6.60. The molecule has 6 heteroatoms. The molecule has 14 heavy (non-hydrogen) atoms. The van der Waals surface area contributed by atoms with Crippen LogP contribution in [0.15, 0.2) is 0 Å². The van der Waals surface area contributed by atoms with Gasteiger partial charge in [-0.3, -0.25) is 0 Å². The minimum absolute atomic E-state index is 0.258. The Hall–Kier alpha value is 0.0169. The first-order chi connectivity index (χ1) is 6.64. The highest BCUT2D eigenvalue weighted by Crippen LogP contribution is 2.06. The van der Waals surface area contributed by atoms with Crippen LogP contribution in [0.1, 0.15) is 13.3 Å². The maximum Gasteiger partial charge on any atom is 0.527 e. The van der Waals surface area contributed by atoms with Crippen LogP contribution in [0.3, 0.4) is 0 Å². The third kappa shape index (κ3) is 4.49.